The van der Waals surface area contributed by atoms with E-state index in [-0.39, 0.29) is 18.4 Å². The second-order valence-electron chi connectivity index (χ2n) is 8.57. The molecule has 7 heteroatoms. The molecule has 27 heavy (non-hydrogen) atoms. The van der Waals surface area contributed by atoms with Gasteiger partial charge in [0.2, 0.25) is 5.91 Å². The Morgan fingerprint density at radius 3 is 2.41 bits per heavy atom. The zero-order valence-electron chi connectivity index (χ0n) is 16.2. The molecular weight excluding hydrogens is 346 g/mol. The number of aliphatic hydroxyl groups excluding tert-OH is 1. The van der Waals surface area contributed by atoms with Gasteiger partial charge in [0, 0.05) is 6.20 Å². The van der Waals surface area contributed by atoms with Crippen LogP contribution in [0.5, 0.6) is 0 Å². The van der Waals surface area contributed by atoms with E-state index in [1.54, 1.807) is 32.9 Å². The van der Waals surface area contributed by atoms with E-state index in [2.05, 4.69) is 15.6 Å². The Kier molecular flexibility index (Phi) is 5.69. The molecule has 1 aromatic heterocycles. The van der Waals surface area contributed by atoms with E-state index < -0.39 is 17.7 Å². The van der Waals surface area contributed by atoms with Crippen LogP contribution in [0.2, 0.25) is 0 Å². The topological polar surface area (TPSA) is 101 Å². The van der Waals surface area contributed by atoms with Crippen molar-refractivity contribution in [1.82, 2.24) is 10.3 Å². The number of alkyl carbamates (subject to hydrolysis) is 1. The fourth-order valence-corrected chi connectivity index (χ4v) is 3.51. The van der Waals surface area contributed by atoms with Crippen molar-refractivity contribution in [3.05, 3.63) is 23.9 Å². The van der Waals surface area contributed by atoms with E-state index in [1.165, 1.54) is 6.20 Å². The summed E-state index contributed by atoms with van der Waals surface area (Å²) in [5.74, 6) is 1.15. The first-order valence-electron chi connectivity index (χ1n) is 9.63. The van der Waals surface area contributed by atoms with Crippen LogP contribution in [-0.4, -0.2) is 33.7 Å². The minimum absolute atomic E-state index is 0.124. The van der Waals surface area contributed by atoms with Crippen molar-refractivity contribution in [3.8, 4) is 0 Å². The first kappa shape index (κ1) is 19.6. The number of carbonyl (C=O) groups is 2. The Morgan fingerprint density at radius 1 is 1.26 bits per heavy atom. The zero-order valence-corrected chi connectivity index (χ0v) is 16.2. The van der Waals surface area contributed by atoms with Crippen molar-refractivity contribution in [2.24, 2.45) is 17.8 Å². The van der Waals surface area contributed by atoms with Crippen LogP contribution in [0.25, 0.3) is 0 Å². The van der Waals surface area contributed by atoms with E-state index in [0.717, 1.165) is 25.7 Å². The van der Waals surface area contributed by atoms with Crippen LogP contribution >= 0.6 is 0 Å². The van der Waals surface area contributed by atoms with Crippen molar-refractivity contribution in [2.75, 3.05) is 5.32 Å². The molecule has 0 aliphatic heterocycles. The Bertz CT molecular complexity index is 681. The van der Waals surface area contributed by atoms with Crippen LogP contribution in [0.4, 0.5) is 10.6 Å². The fraction of sp³-hybridized carbons (Fsp3) is 0.650. The van der Waals surface area contributed by atoms with Crippen LogP contribution < -0.4 is 10.6 Å². The van der Waals surface area contributed by atoms with Crippen LogP contribution in [0, 0.1) is 17.8 Å². The minimum Gasteiger partial charge on any atom is -0.444 e. The number of nitrogens with one attached hydrogen (secondary N) is 2. The van der Waals surface area contributed by atoms with Gasteiger partial charge in [0.1, 0.15) is 17.5 Å². The van der Waals surface area contributed by atoms with Gasteiger partial charge in [0.15, 0.2) is 0 Å². The summed E-state index contributed by atoms with van der Waals surface area (Å²) < 4.78 is 5.38. The van der Waals surface area contributed by atoms with Gasteiger partial charge in [-0.15, -0.1) is 0 Å². The molecule has 1 atom stereocenters. The summed E-state index contributed by atoms with van der Waals surface area (Å²) in [5.41, 5.74) is 0.0365. The van der Waals surface area contributed by atoms with Gasteiger partial charge in [0.05, 0.1) is 6.61 Å². The average molecular weight is 375 g/mol. The SMILES string of the molecule is CC(C)(C)OC(=O)N[C@H](C(=O)Nc1cc(CO)ccn1)C(C1CC1)C1CC1. The number of aromatic nitrogens is 1. The van der Waals surface area contributed by atoms with Gasteiger partial charge < -0.3 is 20.5 Å². The molecule has 0 saturated heterocycles. The summed E-state index contributed by atoms with van der Waals surface area (Å²) >= 11 is 0. The van der Waals surface area contributed by atoms with Gasteiger partial charge in [-0.1, -0.05) is 0 Å². The number of hydrogen-bond donors (Lipinski definition) is 3. The van der Waals surface area contributed by atoms with Crippen molar-refractivity contribution in [2.45, 2.75) is 64.7 Å². The number of nitrogens with zero attached hydrogens (tertiary/aromatic N) is 1. The molecule has 2 aliphatic rings. The Labute approximate surface area is 159 Å². The first-order valence-corrected chi connectivity index (χ1v) is 9.63. The van der Waals surface area contributed by atoms with E-state index >= 15 is 0 Å². The van der Waals surface area contributed by atoms with Crippen molar-refractivity contribution < 1.29 is 19.4 Å². The van der Waals surface area contributed by atoms with Gasteiger partial charge in [-0.2, -0.15) is 0 Å². The Balaban J connectivity index is 1.75. The second kappa shape index (κ2) is 7.84. The Morgan fingerprint density at radius 2 is 1.89 bits per heavy atom. The molecule has 0 unspecified atom stereocenters. The molecule has 3 N–H and O–H groups in total. The highest BCUT2D eigenvalue weighted by Crippen LogP contribution is 2.50. The number of rotatable bonds is 7. The molecule has 2 fully saturated rings. The summed E-state index contributed by atoms with van der Waals surface area (Å²) in [5, 5.41) is 14.9. The lowest BCUT2D eigenvalue weighted by Crippen LogP contribution is -2.51. The lowest BCUT2D eigenvalue weighted by molar-refractivity contribution is -0.120. The summed E-state index contributed by atoms with van der Waals surface area (Å²) in [6.45, 7) is 5.26. The molecule has 2 saturated carbocycles. The standard InChI is InChI=1S/C20H29N3O4/c1-20(2,3)27-19(26)23-17(16(13-4-5-13)14-6-7-14)18(25)22-15-10-12(11-24)8-9-21-15/h8-10,13-14,16-17,24H,4-7,11H2,1-3H3,(H,23,26)(H,21,22,25)/t17-/m0/s1. The maximum absolute atomic E-state index is 13.0. The number of anilines is 1. The number of ether oxygens (including phenoxy) is 1. The average Bonchev–Trinajstić information content (AvgIpc) is 3.47. The number of amides is 2. The maximum atomic E-state index is 13.0. The van der Waals surface area contributed by atoms with Crippen LogP contribution in [0.1, 0.15) is 52.0 Å². The highest BCUT2D eigenvalue weighted by atomic mass is 16.6. The monoisotopic (exact) mass is 375 g/mol. The number of pyridine rings is 1. The summed E-state index contributed by atoms with van der Waals surface area (Å²) in [7, 11) is 0. The first-order chi connectivity index (χ1) is 12.8. The molecule has 2 amide bonds. The molecule has 0 spiro atoms. The number of carbonyl (C=O) groups excluding carboxylic acids is 2. The summed E-state index contributed by atoms with van der Waals surface area (Å²) in [6.07, 6.45) is 5.35. The third-order valence-corrected chi connectivity index (χ3v) is 4.93. The molecule has 148 valence electrons. The lowest BCUT2D eigenvalue weighted by Gasteiger charge is -2.29. The van der Waals surface area contributed by atoms with E-state index in [1.807, 2.05) is 0 Å². The molecule has 1 heterocycles. The molecule has 3 rings (SSSR count). The molecule has 2 aliphatic carbocycles. The normalized spacial score (nSPS) is 18.1. The molecule has 0 radical (unpaired) electrons. The van der Waals surface area contributed by atoms with Gasteiger partial charge in [-0.3, -0.25) is 4.79 Å². The van der Waals surface area contributed by atoms with Gasteiger partial charge in [0.25, 0.3) is 0 Å². The van der Waals surface area contributed by atoms with Crippen LogP contribution in [-0.2, 0) is 16.1 Å². The molecule has 0 bridgehead atoms. The second-order valence-corrected chi connectivity index (χ2v) is 8.57. The van der Waals surface area contributed by atoms with E-state index in [9.17, 15) is 14.7 Å². The smallest absolute Gasteiger partial charge is 0.408 e. The van der Waals surface area contributed by atoms with Gasteiger partial charge >= 0.3 is 6.09 Å². The van der Waals surface area contributed by atoms with Gasteiger partial charge in [-0.05, 0) is 81.9 Å². The van der Waals surface area contributed by atoms with Crippen LogP contribution in [0.3, 0.4) is 0 Å². The van der Waals surface area contributed by atoms with Crippen LogP contribution in [0.15, 0.2) is 18.3 Å². The Hall–Kier alpha value is -2.15. The van der Waals surface area contributed by atoms with Gasteiger partial charge in [-0.25, -0.2) is 9.78 Å². The lowest BCUT2D eigenvalue weighted by atomic mass is 9.89. The highest BCUT2D eigenvalue weighted by molar-refractivity contribution is 5.96. The molecule has 1 aromatic rings. The molecule has 0 aromatic carbocycles. The molecule has 7 nitrogen and oxygen atoms in total. The number of hydrogen-bond acceptors (Lipinski definition) is 5. The summed E-state index contributed by atoms with van der Waals surface area (Å²) in [6, 6.07) is 2.66. The van der Waals surface area contributed by atoms with Crippen molar-refractivity contribution >= 4 is 17.8 Å². The zero-order chi connectivity index (χ0) is 19.6. The predicted molar refractivity (Wildman–Crippen MR) is 101 cm³/mol. The third-order valence-electron chi connectivity index (χ3n) is 4.93. The number of aliphatic hydroxyl groups is 1. The quantitative estimate of drug-likeness (QED) is 0.680. The van der Waals surface area contributed by atoms with Crippen molar-refractivity contribution in [3.63, 3.8) is 0 Å². The maximum Gasteiger partial charge on any atom is 0.408 e. The van der Waals surface area contributed by atoms with E-state index in [0.29, 0.717) is 23.2 Å². The highest BCUT2D eigenvalue weighted by Gasteiger charge is 2.48. The largest absolute Gasteiger partial charge is 0.444 e. The van der Waals surface area contributed by atoms with Crippen molar-refractivity contribution in [1.29, 1.82) is 0 Å². The fourth-order valence-electron chi connectivity index (χ4n) is 3.51. The third kappa shape index (κ3) is 5.66. The minimum atomic E-state index is -0.653. The van der Waals surface area contributed by atoms with E-state index in [4.69, 9.17) is 4.74 Å². The summed E-state index contributed by atoms with van der Waals surface area (Å²) in [4.78, 5) is 29.5. The predicted octanol–water partition coefficient (Wildman–Crippen LogP) is 2.84. The molecular formula is C20H29N3O4.